The maximum absolute atomic E-state index is 14.0. The Morgan fingerprint density at radius 2 is 1.86 bits per heavy atom. The van der Waals surface area contributed by atoms with Crippen molar-refractivity contribution in [2.75, 3.05) is 18.4 Å². The fraction of sp³-hybridized carbons (Fsp3) is 0.231. The van der Waals surface area contributed by atoms with Gasteiger partial charge in [-0.2, -0.15) is 0 Å². The molecule has 10 heteroatoms. The molecule has 0 saturated heterocycles. The molecule has 1 atom stereocenters. The summed E-state index contributed by atoms with van der Waals surface area (Å²) in [5.41, 5.74) is 2.95. The smallest absolute Gasteiger partial charge is 0.271 e. The van der Waals surface area contributed by atoms with Crippen LogP contribution in [-0.4, -0.2) is 34.4 Å². The van der Waals surface area contributed by atoms with Crippen molar-refractivity contribution in [1.29, 1.82) is 0 Å². The number of benzene rings is 2. The molecule has 0 fully saturated rings. The molecule has 0 unspecified atom stereocenters. The van der Waals surface area contributed by atoms with Crippen molar-refractivity contribution >= 4 is 61.9 Å². The molecule has 2 aromatic carbocycles. The first kappa shape index (κ1) is 24.7. The zero-order valence-corrected chi connectivity index (χ0v) is 22.9. The molecular weight excluding hydrogens is 564 g/mol. The molecule has 0 bridgehead atoms. The summed E-state index contributed by atoms with van der Waals surface area (Å²) >= 11 is 10.8. The molecule has 2 aliphatic heterocycles. The topological polar surface area (TPSA) is 83.8 Å². The first-order valence-corrected chi connectivity index (χ1v) is 13.4. The number of fused-ring (bicyclic) bond motifs is 2. The van der Waals surface area contributed by atoms with E-state index in [0.29, 0.717) is 51.0 Å². The number of aromatic nitrogens is 1. The van der Waals surface area contributed by atoms with Gasteiger partial charge in [-0.25, -0.2) is 4.99 Å². The van der Waals surface area contributed by atoms with Gasteiger partial charge in [0.25, 0.3) is 17.4 Å². The van der Waals surface area contributed by atoms with Crippen molar-refractivity contribution in [3.63, 3.8) is 0 Å². The highest BCUT2D eigenvalue weighted by atomic mass is 79.9. The third kappa shape index (κ3) is 3.95. The average molecular weight is 586 g/mol. The van der Waals surface area contributed by atoms with Gasteiger partial charge in [0, 0.05) is 33.8 Å². The number of nitrogens with one attached hydrogen (secondary N) is 1. The lowest BCUT2D eigenvalue weighted by Crippen LogP contribution is -2.43. The number of amides is 2. The Morgan fingerprint density at radius 1 is 1.17 bits per heavy atom. The van der Waals surface area contributed by atoms with Crippen LogP contribution in [0.4, 0.5) is 5.69 Å². The molecule has 0 aliphatic carbocycles. The molecule has 0 spiro atoms. The molecule has 7 nitrogen and oxygen atoms in total. The molecule has 5 rings (SSSR count). The van der Waals surface area contributed by atoms with Crippen LogP contribution in [0.5, 0.6) is 0 Å². The lowest BCUT2D eigenvalue weighted by molar-refractivity contribution is -0.127. The molecule has 2 amide bonds. The van der Waals surface area contributed by atoms with Gasteiger partial charge in [0.15, 0.2) is 4.80 Å². The summed E-state index contributed by atoms with van der Waals surface area (Å²) in [4.78, 5) is 47.5. The monoisotopic (exact) mass is 584 g/mol. The van der Waals surface area contributed by atoms with Crippen LogP contribution in [-0.2, 0) is 9.59 Å². The first-order valence-electron chi connectivity index (χ1n) is 11.5. The summed E-state index contributed by atoms with van der Waals surface area (Å²) in [5.74, 6) is -0.515. The minimum Gasteiger partial charge on any atom is -0.339 e. The van der Waals surface area contributed by atoms with E-state index in [0.717, 1.165) is 21.4 Å². The van der Waals surface area contributed by atoms with Gasteiger partial charge >= 0.3 is 0 Å². The van der Waals surface area contributed by atoms with Crippen LogP contribution in [0.3, 0.4) is 0 Å². The Hall–Kier alpha value is -3.01. The zero-order valence-electron chi connectivity index (χ0n) is 19.8. The van der Waals surface area contributed by atoms with E-state index in [9.17, 15) is 14.4 Å². The lowest BCUT2D eigenvalue weighted by Gasteiger charge is -2.29. The second kappa shape index (κ2) is 9.46. The fourth-order valence-corrected chi connectivity index (χ4v) is 6.28. The van der Waals surface area contributed by atoms with E-state index in [2.05, 4.69) is 26.2 Å². The minimum atomic E-state index is -0.701. The molecular formula is C26H22BrClN4O3S. The number of halogens is 2. The molecule has 184 valence electrons. The van der Waals surface area contributed by atoms with Gasteiger partial charge in [0.2, 0.25) is 0 Å². The van der Waals surface area contributed by atoms with Gasteiger partial charge in [-0.05, 0) is 56.7 Å². The maximum Gasteiger partial charge on any atom is 0.271 e. The predicted octanol–water partition coefficient (Wildman–Crippen LogP) is 3.84. The highest BCUT2D eigenvalue weighted by molar-refractivity contribution is 9.10. The van der Waals surface area contributed by atoms with Gasteiger partial charge in [-0.15, -0.1) is 0 Å². The number of allylic oxidation sites excluding steroid dienone is 1. The van der Waals surface area contributed by atoms with Crippen molar-refractivity contribution in [3.05, 3.63) is 94.0 Å². The summed E-state index contributed by atoms with van der Waals surface area (Å²) in [6, 6.07) is 11.9. The second-order valence-corrected chi connectivity index (χ2v) is 10.8. The number of hydrogen-bond donors (Lipinski definition) is 1. The van der Waals surface area contributed by atoms with Crippen LogP contribution >= 0.6 is 38.9 Å². The maximum atomic E-state index is 14.0. The van der Waals surface area contributed by atoms with Crippen LogP contribution < -0.4 is 20.2 Å². The summed E-state index contributed by atoms with van der Waals surface area (Å²) in [5, 5.41) is 3.39. The highest BCUT2D eigenvalue weighted by Crippen LogP contribution is 2.34. The molecule has 0 saturated carbocycles. The number of hydrogen-bond acceptors (Lipinski definition) is 5. The minimum absolute atomic E-state index is 0.174. The molecule has 3 heterocycles. The number of rotatable bonds is 4. The van der Waals surface area contributed by atoms with Crippen LogP contribution in [0.1, 0.15) is 37.9 Å². The van der Waals surface area contributed by atoms with Crippen molar-refractivity contribution in [3.8, 4) is 0 Å². The molecule has 1 N–H and O–H groups in total. The van der Waals surface area contributed by atoms with E-state index in [1.807, 2.05) is 38.1 Å². The van der Waals surface area contributed by atoms with Crippen LogP contribution in [0.2, 0.25) is 5.02 Å². The molecule has 36 heavy (non-hydrogen) atoms. The molecule has 0 radical (unpaired) electrons. The number of thiazole rings is 1. The number of anilines is 1. The normalized spacial score (nSPS) is 17.9. The Kier molecular flexibility index (Phi) is 6.48. The van der Waals surface area contributed by atoms with Crippen LogP contribution in [0.15, 0.2) is 68.0 Å². The number of carbonyl (C=O) groups is 2. The summed E-state index contributed by atoms with van der Waals surface area (Å²) in [6.07, 6.45) is 0. The Labute approximate surface area is 224 Å². The van der Waals surface area contributed by atoms with Crippen molar-refractivity contribution in [2.45, 2.75) is 26.8 Å². The lowest BCUT2D eigenvalue weighted by atomic mass is 9.94. The van der Waals surface area contributed by atoms with E-state index < -0.39 is 6.04 Å². The third-order valence-electron chi connectivity index (χ3n) is 6.42. The van der Waals surface area contributed by atoms with Gasteiger partial charge in [-0.1, -0.05) is 51.0 Å². The standard InChI is InChI=1S/C26H22BrClN4O3S/c1-4-31(5-2)24(34)19-13(3)29-26-32(21(19)14-6-9-16(28)10-7-14)25(35)22(36-26)20-17-12-15(27)8-11-18(17)30-23(20)33/h6-12,21H,4-5H2,1-3H3,(H,30,33)/b22-20+/t21-/m0/s1. The number of likely N-dealkylation sites (N-methyl/N-ethyl adjacent to an activating group) is 1. The van der Waals surface area contributed by atoms with E-state index in [-0.39, 0.29) is 21.9 Å². The van der Waals surface area contributed by atoms with Gasteiger partial charge in [0.05, 0.1) is 22.9 Å². The zero-order chi connectivity index (χ0) is 25.7. The van der Waals surface area contributed by atoms with E-state index in [1.54, 1.807) is 30.0 Å². The quantitative estimate of drug-likeness (QED) is 0.505. The van der Waals surface area contributed by atoms with Crippen molar-refractivity contribution in [2.24, 2.45) is 4.99 Å². The Balaban J connectivity index is 1.82. The van der Waals surface area contributed by atoms with E-state index in [4.69, 9.17) is 11.6 Å². The van der Waals surface area contributed by atoms with Gasteiger partial charge in [-0.3, -0.25) is 19.0 Å². The number of nitrogens with zero attached hydrogens (tertiary/aromatic N) is 3. The van der Waals surface area contributed by atoms with E-state index >= 15 is 0 Å². The van der Waals surface area contributed by atoms with Crippen molar-refractivity contribution < 1.29 is 9.59 Å². The predicted molar refractivity (Wildman–Crippen MR) is 145 cm³/mol. The third-order valence-corrected chi connectivity index (χ3v) is 8.22. The fourth-order valence-electron chi connectivity index (χ4n) is 4.65. The summed E-state index contributed by atoms with van der Waals surface area (Å²) in [6.45, 7) is 6.67. The number of carbonyl (C=O) groups excluding carboxylic acids is 2. The molecule has 3 aromatic rings. The summed E-state index contributed by atoms with van der Waals surface area (Å²) in [7, 11) is 0. The van der Waals surface area contributed by atoms with Crippen LogP contribution in [0, 0.1) is 0 Å². The average Bonchev–Trinajstić information content (AvgIpc) is 3.34. The first-order chi connectivity index (χ1) is 17.2. The largest absolute Gasteiger partial charge is 0.339 e. The second-order valence-electron chi connectivity index (χ2n) is 8.45. The van der Waals surface area contributed by atoms with Gasteiger partial charge < -0.3 is 10.2 Å². The van der Waals surface area contributed by atoms with Gasteiger partial charge in [0.1, 0.15) is 4.53 Å². The van der Waals surface area contributed by atoms with Crippen LogP contribution in [0.25, 0.3) is 5.57 Å². The van der Waals surface area contributed by atoms with E-state index in [1.165, 1.54) is 4.57 Å². The molecule has 1 aromatic heterocycles. The molecule has 2 aliphatic rings. The summed E-state index contributed by atoms with van der Waals surface area (Å²) < 4.78 is 2.61. The van der Waals surface area contributed by atoms with Crippen molar-refractivity contribution in [1.82, 2.24) is 9.47 Å². The Morgan fingerprint density at radius 3 is 2.53 bits per heavy atom. The SMILES string of the molecule is CCN(CC)C(=O)C1=C(C)N=c2s/c(=C3/C(=O)Nc4ccc(Br)cc43)c(=O)n2[C@H]1c1ccc(Cl)cc1. The Bertz CT molecular complexity index is 1630. The highest BCUT2D eigenvalue weighted by Gasteiger charge is 2.35.